The molecule has 0 aliphatic carbocycles. The van der Waals surface area contributed by atoms with E-state index in [4.69, 9.17) is 4.74 Å². The molecule has 1 rings (SSSR count). The van der Waals surface area contributed by atoms with Crippen LogP contribution in [-0.2, 0) is 14.3 Å². The Balaban J connectivity index is 3.39. The van der Waals surface area contributed by atoms with Gasteiger partial charge in [0, 0.05) is 5.54 Å². The third-order valence-electron chi connectivity index (χ3n) is 4.24. The van der Waals surface area contributed by atoms with Crippen molar-refractivity contribution in [1.29, 1.82) is 5.26 Å². The number of aliphatic hydroxyl groups excluding tert-OH is 1. The quantitative estimate of drug-likeness (QED) is 0.550. The van der Waals surface area contributed by atoms with Gasteiger partial charge in [-0.25, -0.2) is 4.79 Å². The minimum absolute atomic E-state index is 0.429. The number of nitrogens with one attached hydrogen (secondary N) is 2. The number of aliphatic hydroxyl groups is 1. The molecule has 0 bridgehead atoms. The van der Waals surface area contributed by atoms with Crippen LogP contribution in [0.3, 0.4) is 0 Å². The highest BCUT2D eigenvalue weighted by atomic mass is 16.6. The van der Waals surface area contributed by atoms with E-state index >= 15 is 0 Å². The Morgan fingerprint density at radius 1 is 1.16 bits per heavy atom. The Morgan fingerprint density at radius 2 is 1.75 bits per heavy atom. The molecular formula is C23H34N4O5. The summed E-state index contributed by atoms with van der Waals surface area (Å²) in [5.41, 5.74) is -0.120. The van der Waals surface area contributed by atoms with E-state index in [9.17, 15) is 24.8 Å². The van der Waals surface area contributed by atoms with Gasteiger partial charge in [0.2, 0.25) is 11.8 Å². The summed E-state index contributed by atoms with van der Waals surface area (Å²) in [6.07, 6.45) is -0.895. The van der Waals surface area contributed by atoms with Crippen LogP contribution in [0.5, 0.6) is 0 Å². The zero-order valence-electron chi connectivity index (χ0n) is 19.9. The lowest BCUT2D eigenvalue weighted by atomic mass is 9.97. The molecule has 2 atom stereocenters. The van der Waals surface area contributed by atoms with Gasteiger partial charge in [0.25, 0.3) is 0 Å². The van der Waals surface area contributed by atoms with Gasteiger partial charge in [-0.1, -0.05) is 24.3 Å². The summed E-state index contributed by atoms with van der Waals surface area (Å²) in [5.74, 6) is -1.26. The van der Waals surface area contributed by atoms with Crippen LogP contribution in [0.2, 0.25) is 0 Å². The van der Waals surface area contributed by atoms with Gasteiger partial charge >= 0.3 is 6.09 Å². The summed E-state index contributed by atoms with van der Waals surface area (Å²) >= 11 is 0. The molecule has 0 aromatic heterocycles. The van der Waals surface area contributed by atoms with Crippen molar-refractivity contribution in [3.8, 4) is 6.07 Å². The Kier molecular flexibility index (Phi) is 9.21. The fourth-order valence-corrected chi connectivity index (χ4v) is 2.99. The molecule has 0 aliphatic rings. The first kappa shape index (κ1) is 26.9. The number of nitrogens with zero attached hydrogens (tertiary/aromatic N) is 2. The zero-order chi connectivity index (χ0) is 24.7. The van der Waals surface area contributed by atoms with Crippen molar-refractivity contribution in [3.05, 3.63) is 35.4 Å². The van der Waals surface area contributed by atoms with E-state index in [0.717, 1.165) is 10.5 Å². The second-order valence-electron chi connectivity index (χ2n) is 9.50. The summed E-state index contributed by atoms with van der Waals surface area (Å²) in [5, 5.41) is 24.4. The first-order valence-corrected chi connectivity index (χ1v) is 10.4. The van der Waals surface area contributed by atoms with Crippen LogP contribution >= 0.6 is 0 Å². The minimum atomic E-state index is -1.40. The Labute approximate surface area is 189 Å². The lowest BCUT2D eigenvalue weighted by Gasteiger charge is -2.34. The lowest BCUT2D eigenvalue weighted by Crippen LogP contribution is -2.55. The highest BCUT2D eigenvalue weighted by Gasteiger charge is 2.37. The van der Waals surface area contributed by atoms with E-state index in [1.165, 1.54) is 0 Å². The Bertz CT molecular complexity index is 864. The first-order valence-electron chi connectivity index (χ1n) is 10.4. The maximum absolute atomic E-state index is 13.3. The molecule has 2 unspecified atom stereocenters. The second kappa shape index (κ2) is 11.0. The molecule has 9 nitrogen and oxygen atoms in total. The molecule has 3 N–H and O–H groups in total. The third-order valence-corrected chi connectivity index (χ3v) is 4.24. The van der Waals surface area contributed by atoms with Crippen molar-refractivity contribution in [2.24, 2.45) is 0 Å². The molecule has 0 radical (unpaired) electrons. The van der Waals surface area contributed by atoms with Crippen LogP contribution < -0.4 is 10.6 Å². The lowest BCUT2D eigenvalue weighted by molar-refractivity contribution is -0.143. The minimum Gasteiger partial charge on any atom is -0.444 e. The molecule has 0 spiro atoms. The average Bonchev–Trinajstić information content (AvgIpc) is 2.63. The molecular weight excluding hydrogens is 412 g/mol. The number of hydrogen-bond acceptors (Lipinski definition) is 6. The molecule has 0 saturated heterocycles. The number of aryl methyl sites for hydroxylation is 1. The number of ether oxygens (including phenoxy) is 1. The molecule has 3 amide bonds. The van der Waals surface area contributed by atoms with E-state index in [2.05, 4.69) is 10.6 Å². The predicted octanol–water partition coefficient (Wildman–Crippen LogP) is 2.19. The maximum Gasteiger partial charge on any atom is 0.408 e. The van der Waals surface area contributed by atoms with Gasteiger partial charge in [0.1, 0.15) is 24.2 Å². The number of carbonyl (C=O) groups excluding carboxylic acids is 3. The number of alkyl carbamates (subject to hydrolysis) is 1. The molecule has 176 valence electrons. The predicted molar refractivity (Wildman–Crippen MR) is 119 cm³/mol. The van der Waals surface area contributed by atoms with Crippen LogP contribution in [0.25, 0.3) is 0 Å². The van der Waals surface area contributed by atoms with Crippen molar-refractivity contribution >= 4 is 17.9 Å². The molecule has 0 heterocycles. The fraction of sp³-hybridized carbons (Fsp3) is 0.565. The van der Waals surface area contributed by atoms with Crippen molar-refractivity contribution in [3.63, 3.8) is 0 Å². The highest BCUT2D eigenvalue weighted by Crippen LogP contribution is 2.26. The third kappa shape index (κ3) is 8.19. The van der Waals surface area contributed by atoms with E-state index < -0.39 is 54.3 Å². The number of rotatable bonds is 7. The molecule has 0 saturated carbocycles. The largest absolute Gasteiger partial charge is 0.444 e. The molecule has 0 fully saturated rings. The Morgan fingerprint density at radius 3 is 2.22 bits per heavy atom. The van der Waals surface area contributed by atoms with Crippen molar-refractivity contribution in [1.82, 2.24) is 15.5 Å². The van der Waals surface area contributed by atoms with Crippen molar-refractivity contribution in [2.45, 2.75) is 71.7 Å². The van der Waals surface area contributed by atoms with E-state index in [0.29, 0.717) is 5.56 Å². The topological polar surface area (TPSA) is 132 Å². The maximum atomic E-state index is 13.3. The van der Waals surface area contributed by atoms with E-state index in [-0.39, 0.29) is 0 Å². The van der Waals surface area contributed by atoms with Crippen molar-refractivity contribution < 1.29 is 24.2 Å². The van der Waals surface area contributed by atoms with Gasteiger partial charge in [0.05, 0.1) is 12.7 Å². The monoisotopic (exact) mass is 446 g/mol. The highest BCUT2D eigenvalue weighted by molar-refractivity contribution is 5.92. The van der Waals surface area contributed by atoms with Crippen LogP contribution in [0, 0.1) is 18.3 Å². The van der Waals surface area contributed by atoms with Gasteiger partial charge in [-0.3, -0.25) is 9.59 Å². The molecule has 9 heteroatoms. The smallest absolute Gasteiger partial charge is 0.408 e. The summed E-state index contributed by atoms with van der Waals surface area (Å²) in [7, 11) is 0. The van der Waals surface area contributed by atoms with Gasteiger partial charge in [-0.15, -0.1) is 0 Å². The number of nitriles is 1. The van der Waals surface area contributed by atoms with Crippen LogP contribution in [0.4, 0.5) is 4.79 Å². The molecule has 1 aromatic carbocycles. The number of amides is 3. The standard InChI is InChI=1S/C23H34N4O5/c1-15-10-8-9-11-16(15)18(19(29)26-22(2,3)4)27(13-12-24)20(30)17(14-28)25-21(31)32-23(5,6)7/h8-11,17-18,28H,13-14H2,1-7H3,(H,25,31)(H,26,29). The first-order chi connectivity index (χ1) is 14.7. The second-order valence-corrected chi connectivity index (χ2v) is 9.50. The van der Waals surface area contributed by atoms with E-state index in [1.54, 1.807) is 72.7 Å². The summed E-state index contributed by atoms with van der Waals surface area (Å²) in [4.78, 5) is 39.8. The van der Waals surface area contributed by atoms with Gasteiger partial charge in [-0.05, 0) is 59.6 Å². The molecule has 32 heavy (non-hydrogen) atoms. The van der Waals surface area contributed by atoms with Crippen molar-refractivity contribution in [2.75, 3.05) is 13.2 Å². The van der Waals surface area contributed by atoms with E-state index in [1.807, 2.05) is 6.07 Å². The van der Waals surface area contributed by atoms with Gasteiger partial charge < -0.3 is 25.4 Å². The zero-order valence-corrected chi connectivity index (χ0v) is 19.9. The SMILES string of the molecule is Cc1ccccc1C(C(=O)NC(C)(C)C)N(CC#N)C(=O)C(CO)NC(=O)OC(C)(C)C. The number of carbonyl (C=O) groups is 3. The van der Waals surface area contributed by atoms with Gasteiger partial charge in [0.15, 0.2) is 0 Å². The summed E-state index contributed by atoms with van der Waals surface area (Å²) in [6, 6.07) is 6.40. The van der Waals surface area contributed by atoms with Gasteiger partial charge in [-0.2, -0.15) is 5.26 Å². The summed E-state index contributed by atoms with van der Waals surface area (Å²) in [6.45, 7) is 11.0. The average molecular weight is 447 g/mol. The summed E-state index contributed by atoms with van der Waals surface area (Å²) < 4.78 is 5.16. The van der Waals surface area contributed by atoms with Crippen LogP contribution in [-0.4, -0.2) is 58.2 Å². The number of hydrogen-bond donors (Lipinski definition) is 3. The Hall–Kier alpha value is -3.12. The number of benzene rings is 1. The molecule has 1 aromatic rings. The van der Waals surface area contributed by atoms with Crippen LogP contribution in [0.15, 0.2) is 24.3 Å². The van der Waals surface area contributed by atoms with Crippen LogP contribution in [0.1, 0.15) is 58.7 Å². The normalized spacial score (nSPS) is 13.3. The molecule has 0 aliphatic heterocycles. The fourth-order valence-electron chi connectivity index (χ4n) is 2.99.